The molecule has 3 nitrogen and oxygen atoms in total. The number of ether oxygens (including phenoxy) is 2. The molecule has 0 aromatic heterocycles. The molecule has 68 valence electrons. The van der Waals surface area contributed by atoms with Crippen molar-refractivity contribution in [1.29, 1.82) is 0 Å². The monoisotopic (exact) mass is 178 g/mol. The van der Waals surface area contributed by atoms with E-state index in [1.165, 1.54) is 0 Å². The maximum Gasteiger partial charge on any atom is 0.344 e. The molecule has 0 aliphatic heterocycles. The number of benzene rings is 1. The maximum atomic E-state index is 10.8. The van der Waals surface area contributed by atoms with Crippen molar-refractivity contribution in [2.75, 3.05) is 13.2 Å². The molecular weight excluding hydrogens is 168 g/mol. The van der Waals surface area contributed by atoms with Crippen LogP contribution in [-0.2, 0) is 9.53 Å². The highest BCUT2D eigenvalue weighted by atomic mass is 16.6. The summed E-state index contributed by atoms with van der Waals surface area (Å²) in [7, 11) is 0. The van der Waals surface area contributed by atoms with Crippen LogP contribution in [0.5, 0.6) is 5.75 Å². The van der Waals surface area contributed by atoms with Crippen LogP contribution in [0.3, 0.4) is 0 Å². The standard InChI is InChI=1S/C10H10O3/c1-2-12-10(11)8-13-9-6-4-3-5-7-9/h3-4,7H,2,8H2,1H3. The summed E-state index contributed by atoms with van der Waals surface area (Å²) in [5.41, 5.74) is 0. The molecule has 0 fully saturated rings. The normalized spacial score (nSPS) is 9.31. The van der Waals surface area contributed by atoms with E-state index >= 15 is 0 Å². The molecular formula is C10H10O3. The van der Waals surface area contributed by atoms with E-state index in [1.807, 2.05) is 0 Å². The zero-order valence-electron chi connectivity index (χ0n) is 7.37. The van der Waals surface area contributed by atoms with E-state index in [9.17, 15) is 4.79 Å². The van der Waals surface area contributed by atoms with Crippen LogP contribution in [0.1, 0.15) is 6.92 Å². The minimum Gasteiger partial charge on any atom is -0.481 e. The van der Waals surface area contributed by atoms with Crippen LogP contribution < -0.4 is 4.74 Å². The molecule has 0 unspecified atom stereocenters. The Morgan fingerprint density at radius 3 is 3.00 bits per heavy atom. The predicted octanol–water partition coefficient (Wildman–Crippen LogP) is 1.23. The van der Waals surface area contributed by atoms with Crippen LogP contribution in [0.4, 0.5) is 0 Å². The second kappa shape index (κ2) is 5.19. The van der Waals surface area contributed by atoms with E-state index in [0.717, 1.165) is 0 Å². The lowest BCUT2D eigenvalue weighted by Gasteiger charge is -2.03. The van der Waals surface area contributed by atoms with Gasteiger partial charge in [0.2, 0.25) is 0 Å². The third kappa shape index (κ3) is 3.60. The van der Waals surface area contributed by atoms with Gasteiger partial charge in [0, 0.05) is 6.07 Å². The molecule has 0 spiro atoms. The molecule has 1 rings (SSSR count). The van der Waals surface area contributed by atoms with E-state index in [4.69, 9.17) is 4.74 Å². The fraction of sp³-hybridized carbons (Fsp3) is 0.300. The van der Waals surface area contributed by atoms with Gasteiger partial charge in [-0.2, -0.15) is 0 Å². The fourth-order valence-electron chi connectivity index (χ4n) is 0.760. The molecule has 0 atom stereocenters. The Labute approximate surface area is 77.3 Å². The molecule has 0 bridgehead atoms. The third-order valence-corrected chi connectivity index (χ3v) is 1.27. The molecule has 13 heavy (non-hydrogen) atoms. The molecule has 0 saturated carbocycles. The highest BCUT2D eigenvalue weighted by Gasteiger charge is 2.01. The minimum absolute atomic E-state index is 0.0812. The number of rotatable bonds is 4. The third-order valence-electron chi connectivity index (χ3n) is 1.27. The number of hydrogen-bond donors (Lipinski definition) is 0. The molecule has 0 aliphatic carbocycles. The summed E-state index contributed by atoms with van der Waals surface area (Å²) in [5.74, 6) is 0.121. The Morgan fingerprint density at radius 2 is 2.38 bits per heavy atom. The van der Waals surface area contributed by atoms with Crippen LogP contribution in [-0.4, -0.2) is 19.2 Å². The van der Waals surface area contributed by atoms with Crippen molar-refractivity contribution in [3.05, 3.63) is 30.3 Å². The van der Waals surface area contributed by atoms with Gasteiger partial charge in [0.05, 0.1) is 6.61 Å². The van der Waals surface area contributed by atoms with E-state index < -0.39 is 0 Å². The van der Waals surface area contributed by atoms with Crippen LogP contribution in [0.2, 0.25) is 0 Å². The highest BCUT2D eigenvalue weighted by molar-refractivity contribution is 5.71. The van der Waals surface area contributed by atoms with Gasteiger partial charge in [-0.15, -0.1) is 0 Å². The Morgan fingerprint density at radius 1 is 1.54 bits per heavy atom. The second-order valence-electron chi connectivity index (χ2n) is 2.25. The largest absolute Gasteiger partial charge is 0.481 e. The van der Waals surface area contributed by atoms with E-state index in [2.05, 4.69) is 16.9 Å². The lowest BCUT2D eigenvalue weighted by Crippen LogP contribution is -2.14. The van der Waals surface area contributed by atoms with Crippen LogP contribution in [0, 0.1) is 12.1 Å². The van der Waals surface area contributed by atoms with Gasteiger partial charge in [-0.05, 0) is 25.1 Å². The molecule has 1 aromatic rings. The SMILES string of the molecule is CCOC(=O)COc1[c]cc[c]c1. The van der Waals surface area contributed by atoms with Crippen molar-refractivity contribution in [3.8, 4) is 5.75 Å². The van der Waals surface area contributed by atoms with Crippen molar-refractivity contribution in [3.63, 3.8) is 0 Å². The minimum atomic E-state index is -0.375. The first-order valence-corrected chi connectivity index (χ1v) is 3.99. The first-order chi connectivity index (χ1) is 6.33. The molecule has 2 radical (unpaired) electrons. The lowest BCUT2D eigenvalue weighted by atomic mass is 10.3. The Balaban J connectivity index is 2.31. The lowest BCUT2D eigenvalue weighted by molar-refractivity contribution is -0.145. The average Bonchev–Trinajstić information content (AvgIpc) is 2.17. The highest BCUT2D eigenvalue weighted by Crippen LogP contribution is 2.06. The van der Waals surface area contributed by atoms with Crippen molar-refractivity contribution in [2.24, 2.45) is 0 Å². The van der Waals surface area contributed by atoms with Crippen LogP contribution >= 0.6 is 0 Å². The van der Waals surface area contributed by atoms with Gasteiger partial charge in [0.1, 0.15) is 5.75 Å². The Hall–Kier alpha value is -1.51. The van der Waals surface area contributed by atoms with Crippen molar-refractivity contribution < 1.29 is 14.3 Å². The maximum absolute atomic E-state index is 10.8. The average molecular weight is 178 g/mol. The number of hydrogen-bond acceptors (Lipinski definition) is 3. The number of esters is 1. The second-order valence-corrected chi connectivity index (χ2v) is 2.25. The predicted molar refractivity (Wildman–Crippen MR) is 46.2 cm³/mol. The molecule has 3 heteroatoms. The van der Waals surface area contributed by atoms with Crippen LogP contribution in [0.25, 0.3) is 0 Å². The Kier molecular flexibility index (Phi) is 3.82. The topological polar surface area (TPSA) is 35.5 Å². The van der Waals surface area contributed by atoms with Gasteiger partial charge in [0.15, 0.2) is 6.61 Å². The van der Waals surface area contributed by atoms with Gasteiger partial charge >= 0.3 is 5.97 Å². The molecule has 0 N–H and O–H groups in total. The number of carbonyl (C=O) groups excluding carboxylic acids is 1. The summed E-state index contributed by atoms with van der Waals surface area (Å²) in [6.07, 6.45) is 0. The number of carbonyl (C=O) groups is 1. The summed E-state index contributed by atoms with van der Waals surface area (Å²) in [6.45, 7) is 2.04. The Bertz CT molecular complexity index is 256. The molecule has 0 aliphatic rings. The first kappa shape index (κ1) is 9.58. The van der Waals surface area contributed by atoms with Gasteiger partial charge in [-0.25, -0.2) is 4.79 Å². The van der Waals surface area contributed by atoms with Crippen molar-refractivity contribution in [1.82, 2.24) is 0 Å². The summed E-state index contributed by atoms with van der Waals surface area (Å²) < 4.78 is 9.73. The van der Waals surface area contributed by atoms with Gasteiger partial charge in [-0.1, -0.05) is 6.07 Å². The van der Waals surface area contributed by atoms with E-state index in [1.54, 1.807) is 25.1 Å². The van der Waals surface area contributed by atoms with Gasteiger partial charge in [-0.3, -0.25) is 0 Å². The molecule has 1 aromatic carbocycles. The molecule has 0 saturated heterocycles. The van der Waals surface area contributed by atoms with E-state index in [0.29, 0.717) is 12.4 Å². The summed E-state index contributed by atoms with van der Waals surface area (Å²) in [6, 6.07) is 10.6. The van der Waals surface area contributed by atoms with Gasteiger partial charge in [0.25, 0.3) is 0 Å². The summed E-state index contributed by atoms with van der Waals surface area (Å²) >= 11 is 0. The summed E-state index contributed by atoms with van der Waals surface area (Å²) in [5, 5.41) is 0. The van der Waals surface area contributed by atoms with Gasteiger partial charge < -0.3 is 9.47 Å². The van der Waals surface area contributed by atoms with Crippen molar-refractivity contribution >= 4 is 5.97 Å². The quantitative estimate of drug-likeness (QED) is 0.650. The summed E-state index contributed by atoms with van der Waals surface area (Å²) in [4.78, 5) is 10.8. The smallest absolute Gasteiger partial charge is 0.344 e. The van der Waals surface area contributed by atoms with Crippen molar-refractivity contribution in [2.45, 2.75) is 6.92 Å². The van der Waals surface area contributed by atoms with E-state index in [-0.39, 0.29) is 12.6 Å². The fourth-order valence-corrected chi connectivity index (χ4v) is 0.760. The zero-order chi connectivity index (χ0) is 9.52. The first-order valence-electron chi connectivity index (χ1n) is 3.99. The molecule has 0 amide bonds. The van der Waals surface area contributed by atoms with Crippen LogP contribution in [0.15, 0.2) is 18.2 Å². The molecule has 0 heterocycles. The zero-order valence-corrected chi connectivity index (χ0v) is 7.37.